The molecule has 1 N–H and O–H groups in total. The molecule has 0 bridgehead atoms. The number of ether oxygens (including phenoxy) is 1. The van der Waals surface area contributed by atoms with Crippen LogP contribution in [-0.2, 0) is 11.8 Å². The first-order chi connectivity index (χ1) is 15.8. The van der Waals surface area contributed by atoms with Crippen molar-refractivity contribution in [3.8, 4) is 11.1 Å². The van der Waals surface area contributed by atoms with Gasteiger partial charge in [-0.15, -0.1) is 0 Å². The molecule has 7 heteroatoms. The molecule has 1 aliphatic carbocycles. The fourth-order valence-electron chi connectivity index (χ4n) is 4.05. The van der Waals surface area contributed by atoms with Gasteiger partial charge in [0.2, 0.25) is 0 Å². The molecule has 0 atom stereocenters. The number of hydrogen-bond donors (Lipinski definition) is 1. The van der Waals surface area contributed by atoms with Crippen LogP contribution in [0.1, 0.15) is 72.5 Å². The van der Waals surface area contributed by atoms with Crippen molar-refractivity contribution in [2.75, 3.05) is 6.54 Å². The van der Waals surface area contributed by atoms with Crippen molar-refractivity contribution in [3.63, 3.8) is 0 Å². The van der Waals surface area contributed by atoms with Gasteiger partial charge >= 0.3 is 5.97 Å². The summed E-state index contributed by atoms with van der Waals surface area (Å²) in [7, 11) is 1.88. The summed E-state index contributed by atoms with van der Waals surface area (Å²) in [4.78, 5) is 30.4. The molecule has 1 amide bonds. The molecule has 3 aromatic rings. The fraction of sp³-hybridized carbons (Fsp3) is 0.462. The molecule has 0 saturated heterocycles. The van der Waals surface area contributed by atoms with Gasteiger partial charge in [0, 0.05) is 30.2 Å². The number of nitrogens with one attached hydrogen (secondary N) is 1. The Bertz CT molecular complexity index is 1180. The standard InChI is InChI=1S/C26H32N4O3/c1-16(2)33-26(32)20-10-7-9-19-21(22-15-28-30(4)17(22)3)14-23(29-24(19)20)25(31)27-13-6-5-8-18-11-12-18/h7,9-10,14-16,18H,5-6,8,11-13H2,1-4H3,(H,27,31). The minimum Gasteiger partial charge on any atom is -0.459 e. The number of esters is 1. The van der Waals surface area contributed by atoms with Crippen LogP contribution in [0.3, 0.4) is 0 Å². The highest BCUT2D eigenvalue weighted by molar-refractivity contribution is 6.09. The summed E-state index contributed by atoms with van der Waals surface area (Å²) in [5.41, 5.74) is 3.78. The number of unbranched alkanes of at least 4 members (excludes halogenated alkanes) is 1. The van der Waals surface area contributed by atoms with Crippen LogP contribution in [0.15, 0.2) is 30.5 Å². The van der Waals surface area contributed by atoms with E-state index in [1.54, 1.807) is 23.0 Å². The second kappa shape index (κ2) is 9.73. The number of nitrogens with zero attached hydrogens (tertiary/aromatic N) is 3. The third-order valence-corrected chi connectivity index (χ3v) is 6.18. The van der Waals surface area contributed by atoms with Crippen LogP contribution in [0.5, 0.6) is 0 Å². The van der Waals surface area contributed by atoms with Gasteiger partial charge in [0.25, 0.3) is 5.91 Å². The molecule has 0 radical (unpaired) electrons. The van der Waals surface area contributed by atoms with Gasteiger partial charge in [0.05, 0.1) is 23.4 Å². The van der Waals surface area contributed by atoms with Crippen LogP contribution in [0.25, 0.3) is 22.0 Å². The van der Waals surface area contributed by atoms with E-state index >= 15 is 0 Å². The monoisotopic (exact) mass is 448 g/mol. The normalized spacial score (nSPS) is 13.5. The maximum atomic E-state index is 13.0. The van der Waals surface area contributed by atoms with Gasteiger partial charge in [-0.25, -0.2) is 9.78 Å². The second-order valence-corrected chi connectivity index (χ2v) is 9.17. The molecule has 0 aliphatic heterocycles. The van der Waals surface area contributed by atoms with Gasteiger partial charge in [0.15, 0.2) is 0 Å². The zero-order chi connectivity index (χ0) is 23.5. The molecule has 174 valence electrons. The number of aromatic nitrogens is 3. The van der Waals surface area contributed by atoms with Crippen molar-refractivity contribution in [1.82, 2.24) is 20.1 Å². The van der Waals surface area contributed by atoms with Gasteiger partial charge in [-0.3, -0.25) is 9.48 Å². The SMILES string of the molecule is Cc1c(-c2cc(C(=O)NCCCCC3CC3)nc3c(C(=O)OC(C)C)cccc23)cnn1C. The number of para-hydroxylation sites is 1. The lowest BCUT2D eigenvalue weighted by Gasteiger charge is -2.14. The number of benzene rings is 1. The molecule has 2 heterocycles. The maximum Gasteiger partial charge on any atom is 0.340 e. The molecular formula is C26H32N4O3. The maximum absolute atomic E-state index is 13.0. The summed E-state index contributed by atoms with van der Waals surface area (Å²) in [5.74, 6) is 0.213. The van der Waals surface area contributed by atoms with E-state index in [-0.39, 0.29) is 17.7 Å². The molecule has 1 aromatic carbocycles. The number of aryl methyl sites for hydroxylation is 1. The Morgan fingerprint density at radius 1 is 1.21 bits per heavy atom. The predicted octanol–water partition coefficient (Wildman–Crippen LogP) is 4.82. The van der Waals surface area contributed by atoms with E-state index in [9.17, 15) is 9.59 Å². The van der Waals surface area contributed by atoms with E-state index < -0.39 is 5.97 Å². The minimum atomic E-state index is -0.449. The minimum absolute atomic E-state index is 0.238. The highest BCUT2D eigenvalue weighted by Gasteiger charge is 2.22. The number of carbonyl (C=O) groups excluding carboxylic acids is 2. The van der Waals surface area contributed by atoms with Crippen LogP contribution in [0.4, 0.5) is 0 Å². The Kier molecular flexibility index (Phi) is 6.77. The van der Waals surface area contributed by atoms with Gasteiger partial charge in [-0.2, -0.15) is 5.10 Å². The average molecular weight is 449 g/mol. The lowest BCUT2D eigenvalue weighted by atomic mass is 9.98. The Morgan fingerprint density at radius 2 is 2.00 bits per heavy atom. The lowest BCUT2D eigenvalue weighted by molar-refractivity contribution is 0.0380. The fourth-order valence-corrected chi connectivity index (χ4v) is 4.05. The molecule has 0 spiro atoms. The Labute approximate surface area is 194 Å². The van der Waals surface area contributed by atoms with E-state index in [2.05, 4.69) is 15.4 Å². The summed E-state index contributed by atoms with van der Waals surface area (Å²) >= 11 is 0. The van der Waals surface area contributed by atoms with Crippen molar-refractivity contribution in [1.29, 1.82) is 0 Å². The van der Waals surface area contributed by atoms with Crippen molar-refractivity contribution in [3.05, 3.63) is 47.4 Å². The third kappa shape index (κ3) is 5.24. The number of carbonyl (C=O) groups is 2. The molecule has 0 unspecified atom stereocenters. The zero-order valence-electron chi connectivity index (χ0n) is 19.9. The average Bonchev–Trinajstić information content (AvgIpc) is 3.55. The molecule has 2 aromatic heterocycles. The molecule has 1 fully saturated rings. The van der Waals surface area contributed by atoms with Gasteiger partial charge in [-0.1, -0.05) is 37.8 Å². The summed E-state index contributed by atoms with van der Waals surface area (Å²) in [5, 5.41) is 8.15. The Balaban J connectivity index is 1.70. The first kappa shape index (κ1) is 23.0. The van der Waals surface area contributed by atoms with E-state index in [1.807, 2.05) is 40.0 Å². The third-order valence-electron chi connectivity index (χ3n) is 6.18. The van der Waals surface area contributed by atoms with Crippen LogP contribution in [-0.4, -0.2) is 39.3 Å². The van der Waals surface area contributed by atoms with Crippen molar-refractivity contribution < 1.29 is 14.3 Å². The predicted molar refractivity (Wildman–Crippen MR) is 128 cm³/mol. The lowest BCUT2D eigenvalue weighted by Crippen LogP contribution is -2.25. The quantitative estimate of drug-likeness (QED) is 0.375. The number of fused-ring (bicyclic) bond motifs is 1. The van der Waals surface area contributed by atoms with Crippen LogP contribution in [0.2, 0.25) is 0 Å². The highest BCUT2D eigenvalue weighted by Crippen LogP contribution is 2.34. The van der Waals surface area contributed by atoms with E-state index in [0.717, 1.165) is 41.0 Å². The zero-order valence-corrected chi connectivity index (χ0v) is 19.9. The molecular weight excluding hydrogens is 416 g/mol. The topological polar surface area (TPSA) is 86.1 Å². The van der Waals surface area contributed by atoms with E-state index in [4.69, 9.17) is 4.74 Å². The van der Waals surface area contributed by atoms with Gasteiger partial charge in [0.1, 0.15) is 5.69 Å². The van der Waals surface area contributed by atoms with Crippen molar-refractivity contribution in [2.24, 2.45) is 13.0 Å². The summed E-state index contributed by atoms with van der Waals surface area (Å²) < 4.78 is 7.23. The van der Waals surface area contributed by atoms with Crippen LogP contribution in [0, 0.1) is 12.8 Å². The molecule has 7 nitrogen and oxygen atoms in total. The van der Waals surface area contributed by atoms with Crippen molar-refractivity contribution >= 4 is 22.8 Å². The van der Waals surface area contributed by atoms with Crippen LogP contribution >= 0.6 is 0 Å². The van der Waals surface area contributed by atoms with E-state index in [0.29, 0.717) is 17.6 Å². The number of amides is 1. The molecule has 4 rings (SSSR count). The van der Waals surface area contributed by atoms with Crippen molar-refractivity contribution in [2.45, 2.75) is 59.0 Å². The summed E-state index contributed by atoms with van der Waals surface area (Å²) in [6, 6.07) is 7.22. The number of pyridine rings is 1. The first-order valence-electron chi connectivity index (χ1n) is 11.8. The van der Waals surface area contributed by atoms with Crippen LogP contribution < -0.4 is 5.32 Å². The second-order valence-electron chi connectivity index (χ2n) is 9.17. The molecule has 1 aliphatic rings. The van der Waals surface area contributed by atoms with Gasteiger partial charge in [-0.05, 0) is 50.8 Å². The largest absolute Gasteiger partial charge is 0.459 e. The molecule has 33 heavy (non-hydrogen) atoms. The first-order valence-corrected chi connectivity index (χ1v) is 11.8. The Hall–Kier alpha value is -3.22. The summed E-state index contributed by atoms with van der Waals surface area (Å²) in [6.07, 6.45) is 7.56. The number of rotatable bonds is 9. The Morgan fingerprint density at radius 3 is 2.67 bits per heavy atom. The van der Waals surface area contributed by atoms with E-state index in [1.165, 1.54) is 19.3 Å². The van der Waals surface area contributed by atoms with Gasteiger partial charge < -0.3 is 10.1 Å². The highest BCUT2D eigenvalue weighted by atomic mass is 16.5. The summed E-state index contributed by atoms with van der Waals surface area (Å²) in [6.45, 7) is 6.21. The number of hydrogen-bond acceptors (Lipinski definition) is 5. The smallest absolute Gasteiger partial charge is 0.340 e. The molecule has 1 saturated carbocycles.